The maximum atomic E-state index is 5.69. The van der Waals surface area contributed by atoms with Gasteiger partial charge < -0.3 is 17.0 Å². The van der Waals surface area contributed by atoms with Crippen LogP contribution in [0, 0.1) is 0 Å². The van der Waals surface area contributed by atoms with E-state index in [4.69, 9.17) is 23.2 Å². The first kappa shape index (κ1) is 18.4. The summed E-state index contributed by atoms with van der Waals surface area (Å²) < 4.78 is 0. The van der Waals surface area contributed by atoms with Crippen molar-refractivity contribution in [2.75, 3.05) is 24.8 Å². The van der Waals surface area contributed by atoms with Crippen LogP contribution in [0.25, 0.3) is 0 Å². The predicted molar refractivity (Wildman–Crippen MR) is 68.3 cm³/mol. The lowest BCUT2D eigenvalue weighted by Gasteiger charge is -2.18. The molecule has 6 heteroatoms. The van der Waals surface area contributed by atoms with Crippen molar-refractivity contribution in [3.05, 3.63) is 22.4 Å². The van der Waals surface area contributed by atoms with Crippen LogP contribution in [0.4, 0.5) is 0 Å². The van der Waals surface area contributed by atoms with E-state index in [1.54, 1.807) is 11.3 Å². The number of halogens is 4. The van der Waals surface area contributed by atoms with Gasteiger partial charge in [-0.15, -0.1) is 46.9 Å². The maximum Gasteiger partial charge on any atom is 0.0351 e. The van der Waals surface area contributed by atoms with Crippen LogP contribution < -0.4 is 17.0 Å². The summed E-state index contributed by atoms with van der Waals surface area (Å²) in [4.78, 5) is 3.64. The van der Waals surface area contributed by atoms with E-state index in [2.05, 4.69) is 22.4 Å². The molecule has 0 aliphatic rings. The summed E-state index contributed by atoms with van der Waals surface area (Å²) in [6.45, 7) is 2.79. The highest BCUT2D eigenvalue weighted by molar-refractivity contribution is 7.09. The summed E-state index contributed by atoms with van der Waals surface area (Å²) in [5.41, 5.74) is 0. The Labute approximate surface area is 122 Å². The number of alkyl halides is 2. The van der Waals surface area contributed by atoms with E-state index < -0.39 is 0 Å². The third-order valence-electron chi connectivity index (χ3n) is 1.76. The monoisotopic (exact) mass is 352 g/mol. The number of rotatable bonds is 6. The van der Waals surface area contributed by atoms with Crippen molar-refractivity contribution < 1.29 is 17.0 Å². The Bertz CT molecular complexity index is 215. The maximum absolute atomic E-state index is 5.69. The quantitative estimate of drug-likeness (QED) is 0.671. The van der Waals surface area contributed by atoms with E-state index in [1.165, 1.54) is 4.88 Å². The fourth-order valence-corrected chi connectivity index (χ4v) is 2.36. The molecule has 1 aromatic heterocycles. The first-order chi connectivity index (χ1) is 6.36. The second-order valence-corrected chi connectivity index (χ2v) is 4.52. The third kappa shape index (κ3) is 7.83. The summed E-state index contributed by atoms with van der Waals surface area (Å²) in [7, 11) is 0. The van der Waals surface area contributed by atoms with E-state index in [0.717, 1.165) is 19.6 Å². The van der Waals surface area contributed by atoms with Gasteiger partial charge in [-0.1, -0.05) is 6.07 Å². The molecule has 15 heavy (non-hydrogen) atoms. The first-order valence-corrected chi connectivity index (χ1v) is 6.18. The molecule has 0 N–H and O–H groups in total. The van der Waals surface area contributed by atoms with Gasteiger partial charge in [-0.05, 0) is 11.4 Å². The van der Waals surface area contributed by atoms with Crippen molar-refractivity contribution in [3.63, 3.8) is 0 Å². The summed E-state index contributed by atoms with van der Waals surface area (Å²) in [5, 5.41) is 2.09. The zero-order valence-electron chi connectivity index (χ0n) is 8.17. The molecule has 90 valence electrons. The molecule has 1 rings (SSSR count). The largest absolute Gasteiger partial charge is 1.00 e. The minimum absolute atomic E-state index is 0. The highest BCUT2D eigenvalue weighted by Crippen LogP contribution is 2.11. The molecule has 0 radical (unpaired) electrons. The van der Waals surface area contributed by atoms with Crippen molar-refractivity contribution in [3.8, 4) is 0 Å². The second-order valence-electron chi connectivity index (χ2n) is 2.73. The molecular formula is C9H14BrCl3NS-. The molecule has 1 nitrogen and oxygen atoms in total. The molecule has 0 aliphatic carbocycles. The van der Waals surface area contributed by atoms with Gasteiger partial charge in [-0.25, -0.2) is 0 Å². The Hall–Kier alpha value is 1.01. The Balaban J connectivity index is 0. The first-order valence-electron chi connectivity index (χ1n) is 4.23. The van der Waals surface area contributed by atoms with Gasteiger partial charge in [-0.2, -0.15) is 0 Å². The fraction of sp³-hybridized carbons (Fsp3) is 0.556. The molecule has 0 spiro atoms. The van der Waals surface area contributed by atoms with Gasteiger partial charge in [-0.3, -0.25) is 4.90 Å². The zero-order chi connectivity index (χ0) is 9.52. The lowest BCUT2D eigenvalue weighted by atomic mass is 10.4. The highest BCUT2D eigenvalue weighted by Gasteiger charge is 2.04. The predicted octanol–water partition coefficient (Wildman–Crippen LogP) is 0.453. The minimum Gasteiger partial charge on any atom is -1.00 e. The summed E-state index contributed by atoms with van der Waals surface area (Å²) in [6, 6.07) is 4.21. The van der Waals surface area contributed by atoms with Crippen LogP contribution in [0.2, 0.25) is 0 Å². The molecule has 0 bridgehead atoms. The molecule has 0 aliphatic heterocycles. The van der Waals surface area contributed by atoms with Gasteiger partial charge in [0.1, 0.15) is 0 Å². The molecule has 0 unspecified atom stereocenters. The molecule has 0 saturated heterocycles. The average molecular weight is 355 g/mol. The van der Waals surface area contributed by atoms with Gasteiger partial charge in [0.05, 0.1) is 0 Å². The van der Waals surface area contributed by atoms with Crippen LogP contribution in [0.5, 0.6) is 0 Å². The average Bonchev–Trinajstić information content (AvgIpc) is 2.58. The van der Waals surface area contributed by atoms with Crippen LogP contribution in [-0.4, -0.2) is 29.7 Å². The Morgan fingerprint density at radius 3 is 2.20 bits per heavy atom. The van der Waals surface area contributed by atoms with Crippen molar-refractivity contribution in [2.24, 2.45) is 0 Å². The number of hydrogen-bond donors (Lipinski definition) is 0. The highest BCUT2D eigenvalue weighted by atomic mass is 79.9. The Morgan fingerprint density at radius 1 is 1.20 bits per heavy atom. The van der Waals surface area contributed by atoms with Gasteiger partial charge in [0, 0.05) is 36.3 Å². The van der Waals surface area contributed by atoms with Crippen molar-refractivity contribution in [2.45, 2.75) is 6.54 Å². The van der Waals surface area contributed by atoms with Gasteiger partial charge in [0.15, 0.2) is 0 Å². The van der Waals surface area contributed by atoms with E-state index in [1.807, 2.05) is 0 Å². The normalized spacial score (nSPS) is 9.53. The molecule has 0 atom stereocenters. The SMILES string of the molecule is Cl.ClCCN(CCCl)Cc1cccs1.[Br-]. The molecule has 0 aromatic carbocycles. The lowest BCUT2D eigenvalue weighted by Crippen LogP contribution is -3.00. The van der Waals surface area contributed by atoms with Crippen molar-refractivity contribution in [1.29, 1.82) is 0 Å². The summed E-state index contributed by atoms with van der Waals surface area (Å²) in [6.07, 6.45) is 0. The van der Waals surface area contributed by atoms with E-state index in [9.17, 15) is 0 Å². The molecular weight excluding hydrogens is 340 g/mol. The molecule has 1 aromatic rings. The molecule has 0 saturated carbocycles. The Kier molecular flexibility index (Phi) is 14.1. The van der Waals surface area contributed by atoms with E-state index in [-0.39, 0.29) is 29.4 Å². The van der Waals surface area contributed by atoms with Gasteiger partial charge in [0.25, 0.3) is 0 Å². The fourth-order valence-electron chi connectivity index (χ4n) is 1.13. The number of nitrogens with zero attached hydrogens (tertiary/aromatic N) is 1. The van der Waals surface area contributed by atoms with Crippen LogP contribution in [0.3, 0.4) is 0 Å². The van der Waals surface area contributed by atoms with Crippen LogP contribution >= 0.6 is 46.9 Å². The molecule has 0 amide bonds. The smallest absolute Gasteiger partial charge is 0.0351 e. The van der Waals surface area contributed by atoms with Crippen molar-refractivity contribution in [1.82, 2.24) is 4.90 Å². The number of hydrogen-bond acceptors (Lipinski definition) is 2. The van der Waals surface area contributed by atoms with Gasteiger partial charge >= 0.3 is 0 Å². The van der Waals surface area contributed by atoms with Crippen LogP contribution in [0.15, 0.2) is 17.5 Å². The minimum atomic E-state index is 0. The number of thiophene rings is 1. The topological polar surface area (TPSA) is 3.24 Å². The standard InChI is InChI=1S/C9H13Cl2NS.BrH.ClH/c10-3-5-12(6-4-11)8-9-2-1-7-13-9;;/h1-2,7H,3-6,8H2;2*1H/p-1. The second kappa shape index (κ2) is 11.5. The summed E-state index contributed by atoms with van der Waals surface area (Å²) >= 11 is 13.2. The van der Waals surface area contributed by atoms with E-state index in [0.29, 0.717) is 11.8 Å². The van der Waals surface area contributed by atoms with Crippen molar-refractivity contribution >= 4 is 46.9 Å². The molecule has 1 heterocycles. The van der Waals surface area contributed by atoms with E-state index >= 15 is 0 Å². The third-order valence-corrected chi connectivity index (χ3v) is 2.96. The Morgan fingerprint density at radius 2 is 1.80 bits per heavy atom. The molecule has 0 fully saturated rings. The van der Waals surface area contributed by atoms with Crippen LogP contribution in [-0.2, 0) is 6.54 Å². The lowest BCUT2D eigenvalue weighted by molar-refractivity contribution is -0.00000265. The van der Waals surface area contributed by atoms with Gasteiger partial charge in [0.2, 0.25) is 0 Å². The van der Waals surface area contributed by atoms with Crippen LogP contribution in [0.1, 0.15) is 4.88 Å². The zero-order valence-corrected chi connectivity index (χ0v) is 12.9. The summed E-state index contributed by atoms with van der Waals surface area (Å²) in [5.74, 6) is 1.34.